The summed E-state index contributed by atoms with van der Waals surface area (Å²) in [6, 6.07) is 7.87. The minimum absolute atomic E-state index is 0.0143. The van der Waals surface area contributed by atoms with Crippen LogP contribution >= 0.6 is 0 Å². The van der Waals surface area contributed by atoms with Crippen LogP contribution in [0.1, 0.15) is 61.9 Å². The maximum absolute atomic E-state index is 13.3. The first-order valence-corrected chi connectivity index (χ1v) is 9.54. The molecule has 0 saturated heterocycles. The van der Waals surface area contributed by atoms with Crippen molar-refractivity contribution in [2.24, 2.45) is 5.41 Å². The molecular formula is C22H24F2N2O. The molecule has 1 heterocycles. The van der Waals surface area contributed by atoms with Crippen molar-refractivity contribution in [3.63, 3.8) is 0 Å². The molecule has 4 rings (SSSR count). The minimum atomic E-state index is -2.48. The van der Waals surface area contributed by atoms with Crippen molar-refractivity contribution >= 4 is 22.4 Å². The molecule has 1 aromatic carbocycles. The molecule has 1 N–H and O–H groups in total. The molecule has 2 aromatic rings. The molecule has 1 aromatic heterocycles. The van der Waals surface area contributed by atoms with Crippen molar-refractivity contribution in [3.8, 4) is 0 Å². The standard InChI is InChI=1S/C22H24F2N2O/c1-14(2)26-20(27)16-10-18-17(4-3-5-19(18)25-11-16)15-6-8-21(9-7-15)12-22(23,24)13-21/h3-6,10-11,14H,7-9,12-13H2,1-2H3,(H,26,27). The van der Waals surface area contributed by atoms with E-state index in [0.717, 1.165) is 29.3 Å². The summed E-state index contributed by atoms with van der Waals surface area (Å²) in [4.78, 5) is 16.8. The molecule has 1 spiro atoms. The first kappa shape index (κ1) is 18.1. The van der Waals surface area contributed by atoms with E-state index in [0.29, 0.717) is 12.0 Å². The third kappa shape index (κ3) is 3.47. The zero-order chi connectivity index (χ0) is 19.2. The van der Waals surface area contributed by atoms with E-state index < -0.39 is 5.92 Å². The number of fused-ring (bicyclic) bond motifs is 1. The molecule has 1 amide bonds. The summed E-state index contributed by atoms with van der Waals surface area (Å²) >= 11 is 0. The number of nitrogens with one attached hydrogen (secondary N) is 1. The fourth-order valence-electron chi connectivity index (χ4n) is 4.45. The molecule has 0 bridgehead atoms. The molecule has 0 radical (unpaired) electrons. The highest BCUT2D eigenvalue weighted by molar-refractivity contribution is 6.00. The number of allylic oxidation sites excluding steroid dienone is 2. The van der Waals surface area contributed by atoms with Gasteiger partial charge in [-0.1, -0.05) is 18.2 Å². The Kier molecular flexibility index (Phi) is 4.28. The Morgan fingerprint density at radius 1 is 1.26 bits per heavy atom. The van der Waals surface area contributed by atoms with Crippen LogP contribution < -0.4 is 5.32 Å². The van der Waals surface area contributed by atoms with Gasteiger partial charge >= 0.3 is 0 Å². The van der Waals surface area contributed by atoms with Crippen LogP contribution in [0.2, 0.25) is 0 Å². The van der Waals surface area contributed by atoms with Gasteiger partial charge in [0.1, 0.15) is 0 Å². The van der Waals surface area contributed by atoms with E-state index in [2.05, 4.69) is 16.4 Å². The van der Waals surface area contributed by atoms with Crippen LogP contribution in [0.15, 0.2) is 36.5 Å². The minimum Gasteiger partial charge on any atom is -0.350 e. The van der Waals surface area contributed by atoms with Gasteiger partial charge in [-0.15, -0.1) is 0 Å². The van der Waals surface area contributed by atoms with E-state index in [4.69, 9.17) is 0 Å². The normalized spacial score (nSPS) is 20.4. The van der Waals surface area contributed by atoms with E-state index in [9.17, 15) is 13.6 Å². The largest absolute Gasteiger partial charge is 0.350 e. The second-order valence-corrected chi connectivity index (χ2v) is 8.37. The number of aromatic nitrogens is 1. The Morgan fingerprint density at radius 2 is 2.04 bits per heavy atom. The van der Waals surface area contributed by atoms with E-state index in [1.807, 2.05) is 38.1 Å². The number of rotatable bonds is 3. The average Bonchev–Trinajstić information content (AvgIpc) is 2.59. The van der Waals surface area contributed by atoms with Crippen LogP contribution in [0, 0.1) is 5.41 Å². The van der Waals surface area contributed by atoms with Gasteiger partial charge in [0.15, 0.2) is 0 Å². The van der Waals surface area contributed by atoms with Crippen molar-refractivity contribution in [3.05, 3.63) is 47.7 Å². The van der Waals surface area contributed by atoms with Crippen LogP contribution in [0.25, 0.3) is 16.5 Å². The predicted octanol–water partition coefficient (Wildman–Crippen LogP) is 5.36. The number of benzene rings is 1. The van der Waals surface area contributed by atoms with Crippen molar-refractivity contribution < 1.29 is 13.6 Å². The number of amides is 1. The van der Waals surface area contributed by atoms with E-state index in [-0.39, 0.29) is 30.2 Å². The molecule has 5 heteroatoms. The summed E-state index contributed by atoms with van der Waals surface area (Å²) in [6.07, 6.45) is 6.04. The number of halogens is 2. The van der Waals surface area contributed by atoms with Gasteiger partial charge in [-0.25, -0.2) is 8.78 Å². The quantitative estimate of drug-likeness (QED) is 0.791. The number of carbonyl (C=O) groups is 1. The van der Waals surface area contributed by atoms with Crippen molar-refractivity contribution in [2.75, 3.05) is 0 Å². The Labute approximate surface area is 157 Å². The smallest absolute Gasteiger partial charge is 0.253 e. The summed E-state index contributed by atoms with van der Waals surface area (Å²) in [6.45, 7) is 3.84. The molecule has 27 heavy (non-hydrogen) atoms. The lowest BCUT2D eigenvalue weighted by atomic mass is 9.59. The van der Waals surface area contributed by atoms with Crippen LogP contribution in [0.5, 0.6) is 0 Å². The topological polar surface area (TPSA) is 42.0 Å². The first-order valence-electron chi connectivity index (χ1n) is 9.54. The monoisotopic (exact) mass is 370 g/mol. The van der Waals surface area contributed by atoms with E-state index in [1.54, 1.807) is 6.20 Å². The van der Waals surface area contributed by atoms with Gasteiger partial charge in [-0.2, -0.15) is 0 Å². The van der Waals surface area contributed by atoms with Gasteiger partial charge in [-0.3, -0.25) is 9.78 Å². The summed E-state index contributed by atoms with van der Waals surface area (Å²) in [5, 5.41) is 3.83. The number of pyridine rings is 1. The van der Waals surface area contributed by atoms with Crippen molar-refractivity contribution in [2.45, 2.75) is 57.9 Å². The Bertz CT molecular complexity index is 925. The fourth-order valence-corrected chi connectivity index (χ4v) is 4.45. The fraction of sp³-hybridized carbons (Fsp3) is 0.455. The van der Waals surface area contributed by atoms with Gasteiger partial charge in [0.25, 0.3) is 5.91 Å². The summed E-state index contributed by atoms with van der Waals surface area (Å²) in [5.41, 5.74) is 3.39. The zero-order valence-electron chi connectivity index (χ0n) is 15.7. The maximum atomic E-state index is 13.3. The number of nitrogens with zero attached hydrogens (tertiary/aromatic N) is 1. The summed E-state index contributed by atoms with van der Waals surface area (Å²) < 4.78 is 26.7. The lowest BCUT2D eigenvalue weighted by molar-refractivity contribution is -0.163. The number of hydrogen-bond acceptors (Lipinski definition) is 2. The van der Waals surface area contributed by atoms with Crippen LogP contribution in [-0.2, 0) is 0 Å². The summed E-state index contributed by atoms with van der Waals surface area (Å²) in [7, 11) is 0. The van der Waals surface area contributed by atoms with Gasteiger partial charge in [0, 0.05) is 30.5 Å². The first-order chi connectivity index (χ1) is 12.8. The number of alkyl halides is 2. The second-order valence-electron chi connectivity index (χ2n) is 8.37. The average molecular weight is 370 g/mol. The summed E-state index contributed by atoms with van der Waals surface area (Å²) in [5.74, 6) is -2.62. The molecule has 3 nitrogen and oxygen atoms in total. The highest BCUT2D eigenvalue weighted by Crippen LogP contribution is 2.59. The molecular weight excluding hydrogens is 346 g/mol. The second kappa shape index (κ2) is 6.39. The van der Waals surface area contributed by atoms with Crippen molar-refractivity contribution in [1.82, 2.24) is 10.3 Å². The Morgan fingerprint density at radius 3 is 2.67 bits per heavy atom. The molecule has 1 fully saturated rings. The van der Waals surface area contributed by atoms with Crippen LogP contribution in [0.3, 0.4) is 0 Å². The number of carbonyl (C=O) groups excluding carboxylic acids is 1. The lowest BCUT2D eigenvalue weighted by Gasteiger charge is -2.49. The molecule has 0 aliphatic heterocycles. The highest BCUT2D eigenvalue weighted by Gasteiger charge is 2.55. The molecule has 2 aliphatic rings. The van der Waals surface area contributed by atoms with E-state index in [1.165, 1.54) is 5.57 Å². The highest BCUT2D eigenvalue weighted by atomic mass is 19.3. The van der Waals surface area contributed by atoms with Crippen LogP contribution in [0.4, 0.5) is 8.78 Å². The van der Waals surface area contributed by atoms with Gasteiger partial charge in [0.05, 0.1) is 11.1 Å². The lowest BCUT2D eigenvalue weighted by Crippen LogP contribution is -2.46. The third-order valence-corrected chi connectivity index (χ3v) is 5.73. The molecule has 0 atom stereocenters. The molecule has 142 valence electrons. The zero-order valence-corrected chi connectivity index (χ0v) is 15.7. The van der Waals surface area contributed by atoms with Gasteiger partial charge < -0.3 is 5.32 Å². The molecule has 2 aliphatic carbocycles. The predicted molar refractivity (Wildman–Crippen MR) is 103 cm³/mol. The number of hydrogen-bond donors (Lipinski definition) is 1. The maximum Gasteiger partial charge on any atom is 0.253 e. The van der Waals surface area contributed by atoms with Gasteiger partial charge in [-0.05, 0) is 61.8 Å². The Balaban J connectivity index is 1.65. The molecule has 0 unspecified atom stereocenters. The Hall–Kier alpha value is -2.30. The van der Waals surface area contributed by atoms with E-state index >= 15 is 0 Å². The van der Waals surface area contributed by atoms with Crippen molar-refractivity contribution in [1.29, 1.82) is 0 Å². The third-order valence-electron chi connectivity index (χ3n) is 5.73. The SMILES string of the molecule is CC(C)NC(=O)c1cnc2cccc(C3=CCC4(CC3)CC(F)(F)C4)c2c1. The van der Waals surface area contributed by atoms with Gasteiger partial charge in [0.2, 0.25) is 5.92 Å². The van der Waals surface area contributed by atoms with Crippen LogP contribution in [-0.4, -0.2) is 22.9 Å². The molecule has 1 saturated carbocycles.